The summed E-state index contributed by atoms with van der Waals surface area (Å²) in [5.74, 6) is 0. The van der Waals surface area contributed by atoms with Gasteiger partial charge < -0.3 is 16.4 Å². The van der Waals surface area contributed by atoms with E-state index >= 15 is 0 Å². The van der Waals surface area contributed by atoms with Crippen LogP contribution < -0.4 is 0 Å². The van der Waals surface area contributed by atoms with Crippen molar-refractivity contribution in [3.05, 3.63) is 29.3 Å². The predicted molar refractivity (Wildman–Crippen MR) is 61.5 cm³/mol. The van der Waals surface area contributed by atoms with Crippen LogP contribution >= 0.6 is 0 Å². The second kappa shape index (κ2) is 8.07. The molecule has 0 aliphatic carbocycles. The van der Waals surface area contributed by atoms with Gasteiger partial charge >= 0.3 is 0 Å². The minimum atomic E-state index is 0. The molecule has 0 aliphatic rings. The summed E-state index contributed by atoms with van der Waals surface area (Å²) in [6.07, 6.45) is 0. The van der Waals surface area contributed by atoms with Crippen LogP contribution in [0.4, 0.5) is 0 Å². The van der Waals surface area contributed by atoms with E-state index < -0.39 is 0 Å². The molecule has 0 atom stereocenters. The molecule has 1 rings (SSSR count). The van der Waals surface area contributed by atoms with Crippen LogP contribution in [0.15, 0.2) is 18.2 Å². The molecule has 0 heterocycles. The van der Waals surface area contributed by atoms with Gasteiger partial charge in [0.15, 0.2) is 0 Å². The minimum Gasteiger partial charge on any atom is -2.00 e. The summed E-state index contributed by atoms with van der Waals surface area (Å²) >= 11 is 0. The first-order valence-corrected chi connectivity index (χ1v) is 4.99. The quantitative estimate of drug-likeness (QED) is 0.584. The molecule has 17 heavy (non-hydrogen) atoms. The van der Waals surface area contributed by atoms with E-state index in [1.54, 1.807) is 0 Å². The molecule has 1 aromatic carbocycles. The third kappa shape index (κ3) is 7.03. The van der Waals surface area contributed by atoms with Gasteiger partial charge in [0.2, 0.25) is 0 Å². The maximum atomic E-state index is 2.33. The van der Waals surface area contributed by atoms with Gasteiger partial charge in [-0.05, 0) is 5.41 Å². The minimum absolute atomic E-state index is 0. The molecule has 105 valence electrons. The summed E-state index contributed by atoms with van der Waals surface area (Å²) < 4.78 is 0. The Balaban J connectivity index is -0.000000211. The van der Waals surface area contributed by atoms with Crippen molar-refractivity contribution in [3.8, 4) is 0 Å². The molecule has 0 bridgehead atoms. The van der Waals surface area contributed by atoms with Crippen molar-refractivity contribution in [2.75, 3.05) is 0 Å². The Hall–Kier alpha value is -0.108. The Morgan fingerprint density at radius 2 is 1.24 bits per heavy atom. The monoisotopic (exact) mass is 412 g/mol. The predicted octanol–water partition coefficient (Wildman–Crippen LogP) is 3.64. The van der Waals surface area contributed by atoms with Crippen LogP contribution in [-0.4, -0.2) is 0 Å². The maximum Gasteiger partial charge on any atom is 0 e. The van der Waals surface area contributed by atoms with E-state index in [4.69, 9.17) is 0 Å². The molecule has 0 saturated carbocycles. The molecular formula is C13H21O3Re-7. The molecule has 4 heteroatoms. The fourth-order valence-electron chi connectivity index (χ4n) is 1.38. The zero-order valence-corrected chi connectivity index (χ0v) is 14.1. The zero-order valence-electron chi connectivity index (χ0n) is 11.3. The Morgan fingerprint density at radius 1 is 0.824 bits per heavy atom. The largest absolute Gasteiger partial charge is 2.00 e. The van der Waals surface area contributed by atoms with Crippen molar-refractivity contribution in [2.45, 2.75) is 52.4 Å². The summed E-state index contributed by atoms with van der Waals surface area (Å²) in [7, 11) is 0. The molecule has 0 aromatic heterocycles. The molecule has 0 unspecified atom stereocenters. The molecule has 1 aromatic rings. The molecular weight excluding hydrogens is 390 g/mol. The normalized spacial score (nSPS) is 10.2. The number of hydrogen-bond acceptors (Lipinski definition) is 0. The van der Waals surface area contributed by atoms with Crippen LogP contribution in [0.1, 0.15) is 52.7 Å². The average Bonchev–Trinajstić information content (AvgIpc) is 2.28. The second-order valence-electron chi connectivity index (χ2n) is 5.89. The van der Waals surface area contributed by atoms with Crippen LogP contribution in [0.2, 0.25) is 0 Å². The van der Waals surface area contributed by atoms with Gasteiger partial charge in [-0.3, -0.25) is 0 Å². The smallest absolute Gasteiger partial charge is 0 e. The van der Waals surface area contributed by atoms with E-state index in [0.717, 1.165) is 0 Å². The van der Waals surface area contributed by atoms with E-state index in [1.165, 1.54) is 11.1 Å². The van der Waals surface area contributed by atoms with Gasteiger partial charge in [-0.15, -0.1) is 0 Å². The average molecular weight is 412 g/mol. The summed E-state index contributed by atoms with van der Waals surface area (Å²) in [6, 6.07) is 6.83. The molecule has 0 aliphatic heterocycles. The number of rotatable bonds is 0. The fourth-order valence-corrected chi connectivity index (χ4v) is 1.38. The Labute approximate surface area is 119 Å². The Bertz CT molecular complexity index is 264. The van der Waals surface area contributed by atoms with E-state index in [0.29, 0.717) is 0 Å². The van der Waals surface area contributed by atoms with Crippen molar-refractivity contribution in [3.63, 3.8) is 0 Å². The van der Waals surface area contributed by atoms with Gasteiger partial charge in [-0.25, -0.2) is 6.07 Å². The third-order valence-electron chi connectivity index (χ3n) is 2.49. The third-order valence-corrected chi connectivity index (χ3v) is 2.49. The zero-order chi connectivity index (χ0) is 10.3. The van der Waals surface area contributed by atoms with Gasteiger partial charge in [-0.1, -0.05) is 47.0 Å². The molecule has 0 saturated heterocycles. The van der Waals surface area contributed by atoms with Crippen LogP contribution in [0, 0.1) is 0 Å². The first-order valence-electron chi connectivity index (χ1n) is 4.99. The van der Waals surface area contributed by atoms with Gasteiger partial charge in [0.05, 0.1) is 0 Å². The van der Waals surface area contributed by atoms with E-state index in [2.05, 4.69) is 59.7 Å². The molecule has 1 radical (unpaired) electrons. The van der Waals surface area contributed by atoms with E-state index in [-0.39, 0.29) is 47.7 Å². The van der Waals surface area contributed by atoms with Gasteiger partial charge in [0.1, 0.15) is 0 Å². The van der Waals surface area contributed by atoms with Crippen LogP contribution in [-0.2, 0) is 47.7 Å². The van der Waals surface area contributed by atoms with Gasteiger partial charge in [-0.2, -0.15) is 23.3 Å². The van der Waals surface area contributed by atoms with Crippen LogP contribution in [0.3, 0.4) is 0 Å². The molecule has 0 fully saturated rings. The molecule has 0 spiro atoms. The van der Waals surface area contributed by atoms with E-state index in [9.17, 15) is 0 Å². The van der Waals surface area contributed by atoms with Crippen LogP contribution in [0.25, 0.3) is 0 Å². The number of hydrogen-bond donors (Lipinski definition) is 0. The van der Waals surface area contributed by atoms with Crippen molar-refractivity contribution < 1.29 is 36.9 Å². The summed E-state index contributed by atoms with van der Waals surface area (Å²) in [4.78, 5) is 0. The SMILES string of the molecule is CC(C)(C)c1c[cH-]c(C(C)(C)C)c1.[O-2].[O-2].[O-2].[Re]. The standard InChI is InChI=1S/C13H21.3O.Re/c1-12(2,3)10-7-8-11(9-10)13(4,5)6;;;;/h7-9H,1-6H3;;;;/q-1;3*-2;. The van der Waals surface area contributed by atoms with Crippen molar-refractivity contribution in [2.24, 2.45) is 0 Å². The Kier molecular flexibility index (Phi) is 12.2. The summed E-state index contributed by atoms with van der Waals surface area (Å²) in [6.45, 7) is 13.6. The van der Waals surface area contributed by atoms with Gasteiger partial charge in [0, 0.05) is 20.4 Å². The topological polar surface area (TPSA) is 85.5 Å². The first-order chi connectivity index (χ1) is 5.71. The maximum absolute atomic E-state index is 2.33. The van der Waals surface area contributed by atoms with Gasteiger partial charge in [0.25, 0.3) is 0 Å². The Morgan fingerprint density at radius 3 is 1.41 bits per heavy atom. The second-order valence-corrected chi connectivity index (χ2v) is 5.89. The van der Waals surface area contributed by atoms with E-state index in [1.807, 2.05) is 0 Å². The molecule has 3 nitrogen and oxygen atoms in total. The summed E-state index contributed by atoms with van der Waals surface area (Å²) in [5, 5.41) is 0. The fraction of sp³-hybridized carbons (Fsp3) is 0.615. The van der Waals surface area contributed by atoms with Crippen molar-refractivity contribution in [1.29, 1.82) is 0 Å². The molecule has 0 amide bonds. The van der Waals surface area contributed by atoms with Crippen molar-refractivity contribution >= 4 is 0 Å². The molecule has 0 N–H and O–H groups in total. The van der Waals surface area contributed by atoms with Crippen LogP contribution in [0.5, 0.6) is 0 Å². The summed E-state index contributed by atoms with van der Waals surface area (Å²) in [5.41, 5.74) is 3.45. The van der Waals surface area contributed by atoms with Crippen molar-refractivity contribution in [1.82, 2.24) is 0 Å². The first kappa shape index (κ1) is 25.7.